The van der Waals surface area contributed by atoms with Crippen molar-refractivity contribution in [1.29, 1.82) is 0 Å². The van der Waals surface area contributed by atoms with E-state index in [1.165, 1.54) is 32.1 Å². The number of carbonyl (C=O) groups is 1. The summed E-state index contributed by atoms with van der Waals surface area (Å²) in [5.41, 5.74) is 1.05. The van der Waals surface area contributed by atoms with Gasteiger partial charge < -0.3 is 10.1 Å². The Hall–Kier alpha value is -1.35. The molecule has 1 saturated carbocycles. The maximum atomic E-state index is 12.2. The van der Waals surface area contributed by atoms with Gasteiger partial charge in [-0.2, -0.15) is 0 Å². The molecule has 0 heterocycles. The van der Waals surface area contributed by atoms with Gasteiger partial charge >= 0.3 is 5.97 Å². The van der Waals surface area contributed by atoms with Crippen molar-refractivity contribution in [2.75, 3.05) is 13.2 Å². The van der Waals surface area contributed by atoms with Crippen molar-refractivity contribution in [3.05, 3.63) is 35.9 Å². The van der Waals surface area contributed by atoms with E-state index in [9.17, 15) is 4.79 Å². The number of carbonyl (C=O) groups excluding carboxylic acids is 1. The van der Waals surface area contributed by atoms with Crippen molar-refractivity contribution >= 4 is 5.97 Å². The number of benzene rings is 1. The number of nitrogens with one attached hydrogen (secondary N) is 1. The second-order valence-electron chi connectivity index (χ2n) is 5.83. The Labute approximate surface area is 128 Å². The summed E-state index contributed by atoms with van der Waals surface area (Å²) in [5.74, 6) is -0.241. The fourth-order valence-corrected chi connectivity index (χ4v) is 3.05. The molecule has 0 bridgehead atoms. The highest BCUT2D eigenvalue weighted by Gasteiger charge is 2.20. The highest BCUT2D eigenvalue weighted by molar-refractivity contribution is 5.78. The minimum atomic E-state index is -0.138. The summed E-state index contributed by atoms with van der Waals surface area (Å²) in [6, 6.07) is 10.5. The molecule has 2 rings (SSSR count). The van der Waals surface area contributed by atoms with Gasteiger partial charge in [-0.25, -0.2) is 0 Å². The van der Waals surface area contributed by atoms with Crippen LogP contribution in [-0.4, -0.2) is 25.2 Å². The molecule has 1 atom stereocenters. The molecule has 1 aliphatic rings. The van der Waals surface area contributed by atoms with E-state index < -0.39 is 0 Å². The molecule has 0 aromatic heterocycles. The van der Waals surface area contributed by atoms with Crippen molar-refractivity contribution < 1.29 is 9.53 Å². The number of esters is 1. The van der Waals surface area contributed by atoms with E-state index in [0.29, 0.717) is 12.6 Å². The minimum Gasteiger partial charge on any atom is -0.464 e. The van der Waals surface area contributed by atoms with E-state index in [4.69, 9.17) is 4.74 Å². The summed E-state index contributed by atoms with van der Waals surface area (Å²) >= 11 is 0. The average Bonchev–Trinajstić information content (AvgIpc) is 2.54. The molecule has 0 radical (unpaired) electrons. The van der Waals surface area contributed by atoms with Crippen LogP contribution in [0, 0.1) is 0 Å². The van der Waals surface area contributed by atoms with Gasteiger partial charge in [-0.15, -0.1) is 0 Å². The highest BCUT2D eigenvalue weighted by atomic mass is 16.5. The van der Waals surface area contributed by atoms with Crippen LogP contribution < -0.4 is 5.32 Å². The van der Waals surface area contributed by atoms with Gasteiger partial charge in [-0.3, -0.25) is 4.79 Å². The topological polar surface area (TPSA) is 38.3 Å². The Balaban J connectivity index is 1.70. The molecule has 3 nitrogen and oxygen atoms in total. The van der Waals surface area contributed by atoms with Gasteiger partial charge in [0.2, 0.25) is 0 Å². The zero-order valence-electron chi connectivity index (χ0n) is 13.0. The van der Waals surface area contributed by atoms with Crippen molar-refractivity contribution in [3.63, 3.8) is 0 Å². The number of hydrogen-bond acceptors (Lipinski definition) is 3. The van der Waals surface area contributed by atoms with E-state index in [0.717, 1.165) is 18.5 Å². The van der Waals surface area contributed by atoms with Crippen molar-refractivity contribution in [3.8, 4) is 0 Å². The largest absolute Gasteiger partial charge is 0.464 e. The molecule has 0 saturated heterocycles. The number of ether oxygens (including phenoxy) is 1. The standard InChI is InChI=1S/C18H27NO2/c1-2-17(15-9-5-3-6-10-15)18(20)21-14-13-19-16-11-7-4-8-12-16/h3,5-6,9-10,16-17,19H,2,4,7-8,11-14H2,1H3/t17-/m0/s1. The van der Waals surface area contributed by atoms with Crippen LogP contribution in [0.5, 0.6) is 0 Å². The van der Waals surface area contributed by atoms with Crippen molar-refractivity contribution in [2.24, 2.45) is 0 Å². The summed E-state index contributed by atoms with van der Waals surface area (Å²) in [7, 11) is 0. The monoisotopic (exact) mass is 289 g/mol. The number of rotatable bonds is 7. The van der Waals surface area contributed by atoms with Crippen LogP contribution in [0.25, 0.3) is 0 Å². The van der Waals surface area contributed by atoms with Crippen LogP contribution in [0.15, 0.2) is 30.3 Å². The number of hydrogen-bond donors (Lipinski definition) is 1. The zero-order chi connectivity index (χ0) is 14.9. The van der Waals surface area contributed by atoms with Gasteiger partial charge in [0.15, 0.2) is 0 Å². The average molecular weight is 289 g/mol. The van der Waals surface area contributed by atoms with E-state index in [1.807, 2.05) is 37.3 Å². The van der Waals surface area contributed by atoms with Crippen molar-refractivity contribution in [2.45, 2.75) is 57.4 Å². The SMILES string of the molecule is CC[C@H](C(=O)OCCNC1CCCCC1)c1ccccc1. The van der Waals surface area contributed by atoms with E-state index >= 15 is 0 Å². The third kappa shape index (κ3) is 5.16. The molecule has 116 valence electrons. The third-order valence-electron chi connectivity index (χ3n) is 4.28. The van der Waals surface area contributed by atoms with Gasteiger partial charge in [0.25, 0.3) is 0 Å². The zero-order valence-corrected chi connectivity index (χ0v) is 13.0. The van der Waals surface area contributed by atoms with Crippen LogP contribution >= 0.6 is 0 Å². The molecule has 1 aliphatic carbocycles. The summed E-state index contributed by atoms with van der Waals surface area (Å²) in [6.07, 6.45) is 7.30. The normalized spacial score (nSPS) is 17.4. The summed E-state index contributed by atoms with van der Waals surface area (Å²) in [6.45, 7) is 3.26. The van der Waals surface area contributed by atoms with Gasteiger partial charge in [0.05, 0.1) is 5.92 Å². The lowest BCUT2D eigenvalue weighted by Gasteiger charge is -2.23. The molecule has 0 unspecified atom stereocenters. The summed E-state index contributed by atoms with van der Waals surface area (Å²) < 4.78 is 5.44. The Kier molecular flexibility index (Phi) is 6.74. The van der Waals surface area contributed by atoms with Crippen LogP contribution in [0.2, 0.25) is 0 Å². The molecule has 1 aromatic rings. The first-order chi connectivity index (χ1) is 10.3. The predicted octanol–water partition coefficient (Wildman–Crippen LogP) is 3.65. The maximum absolute atomic E-state index is 12.2. The molecule has 21 heavy (non-hydrogen) atoms. The fraction of sp³-hybridized carbons (Fsp3) is 0.611. The Morgan fingerprint density at radius 3 is 2.62 bits per heavy atom. The second-order valence-corrected chi connectivity index (χ2v) is 5.83. The predicted molar refractivity (Wildman–Crippen MR) is 85.3 cm³/mol. The quantitative estimate of drug-likeness (QED) is 0.615. The molecule has 0 aliphatic heterocycles. The smallest absolute Gasteiger partial charge is 0.313 e. The Bertz CT molecular complexity index is 412. The molecule has 1 N–H and O–H groups in total. The van der Waals surface area contributed by atoms with Gasteiger partial charge in [0.1, 0.15) is 6.61 Å². The first kappa shape index (κ1) is 16.0. The van der Waals surface area contributed by atoms with Crippen LogP contribution in [0.4, 0.5) is 0 Å². The Morgan fingerprint density at radius 2 is 1.95 bits per heavy atom. The first-order valence-corrected chi connectivity index (χ1v) is 8.26. The fourth-order valence-electron chi connectivity index (χ4n) is 3.05. The molecular weight excluding hydrogens is 262 g/mol. The highest BCUT2D eigenvalue weighted by Crippen LogP contribution is 2.20. The molecule has 0 amide bonds. The van der Waals surface area contributed by atoms with Crippen LogP contribution in [0.3, 0.4) is 0 Å². The molecule has 0 spiro atoms. The molecule has 1 fully saturated rings. The van der Waals surface area contributed by atoms with Gasteiger partial charge in [-0.05, 0) is 24.8 Å². The lowest BCUT2D eigenvalue weighted by Crippen LogP contribution is -2.34. The van der Waals surface area contributed by atoms with Crippen molar-refractivity contribution in [1.82, 2.24) is 5.32 Å². The van der Waals surface area contributed by atoms with E-state index in [1.54, 1.807) is 0 Å². The third-order valence-corrected chi connectivity index (χ3v) is 4.28. The lowest BCUT2D eigenvalue weighted by atomic mass is 9.95. The van der Waals surface area contributed by atoms with Crippen LogP contribution in [-0.2, 0) is 9.53 Å². The van der Waals surface area contributed by atoms with E-state index in [2.05, 4.69) is 5.32 Å². The second kappa shape index (κ2) is 8.83. The minimum absolute atomic E-state index is 0.103. The molecule has 3 heteroatoms. The van der Waals surface area contributed by atoms with Gasteiger partial charge in [0, 0.05) is 12.6 Å². The first-order valence-electron chi connectivity index (χ1n) is 8.26. The van der Waals surface area contributed by atoms with Gasteiger partial charge in [-0.1, -0.05) is 56.5 Å². The molecular formula is C18H27NO2. The van der Waals surface area contributed by atoms with E-state index in [-0.39, 0.29) is 11.9 Å². The summed E-state index contributed by atoms with van der Waals surface area (Å²) in [5, 5.41) is 3.50. The summed E-state index contributed by atoms with van der Waals surface area (Å²) in [4.78, 5) is 12.2. The molecule has 1 aromatic carbocycles. The Morgan fingerprint density at radius 1 is 1.24 bits per heavy atom. The lowest BCUT2D eigenvalue weighted by molar-refractivity contribution is -0.145. The van der Waals surface area contributed by atoms with Crippen LogP contribution in [0.1, 0.15) is 56.9 Å². The maximum Gasteiger partial charge on any atom is 0.313 e.